The third-order valence-corrected chi connectivity index (χ3v) is 6.18. The Morgan fingerprint density at radius 3 is 2.62 bits per heavy atom. The summed E-state index contributed by atoms with van der Waals surface area (Å²) in [5.41, 5.74) is 6.10. The van der Waals surface area contributed by atoms with E-state index < -0.39 is 25.4 Å². The lowest BCUT2D eigenvalue weighted by Gasteiger charge is -2.19. The Balaban J connectivity index is 2.25. The number of rotatable bonds is 10. The molecule has 0 aromatic carbocycles. The number of aromatic nitrogens is 3. The van der Waals surface area contributed by atoms with Gasteiger partial charge in [-0.05, 0) is 26.0 Å². The average Bonchev–Trinajstić information content (AvgIpc) is 3.00. The molecule has 2 aromatic heterocycles. The first kappa shape index (κ1) is 22.8. The van der Waals surface area contributed by atoms with E-state index in [9.17, 15) is 9.59 Å². The number of amides is 1. The molecule has 2 rings (SSSR count). The van der Waals surface area contributed by atoms with Crippen LogP contribution in [0, 0.1) is 5.41 Å². The normalized spacial score (nSPS) is 12.2. The Hall–Kier alpha value is -2.52. The number of carbonyl (C=O) groups excluding carboxylic acids is 2. The minimum Gasteiger partial charge on any atom is -0.461 e. The van der Waals surface area contributed by atoms with E-state index in [1.807, 2.05) is 0 Å². The van der Waals surface area contributed by atoms with Crippen molar-refractivity contribution in [2.75, 3.05) is 13.2 Å². The molecule has 0 unspecified atom stereocenters. The van der Waals surface area contributed by atoms with Gasteiger partial charge in [0, 0.05) is 20.9 Å². The maximum absolute atomic E-state index is 12.7. The van der Waals surface area contributed by atoms with Gasteiger partial charge in [0.15, 0.2) is 5.65 Å². The molecule has 0 spiro atoms. The standard InChI is InChI=1S/C20H30N4O4Si/c1-7-14-10-22-17-16(23-14)15(18(25)28-12-20(2,3)19(21)26)11-24(17)13-27-8-9-29(4,5)6/h7,10-11H,1,8-9,12-13H2,2-6H3,(H2,21,26). The SMILES string of the molecule is C=Cc1cnc2c(n1)c(C(=O)OCC(C)(C)C(N)=O)cn2COCC[Si](C)(C)C. The van der Waals surface area contributed by atoms with E-state index >= 15 is 0 Å². The van der Waals surface area contributed by atoms with Crippen molar-refractivity contribution in [2.45, 2.75) is 46.3 Å². The summed E-state index contributed by atoms with van der Waals surface area (Å²) in [5, 5.41) is 0. The van der Waals surface area contributed by atoms with Crippen LogP contribution in [-0.4, -0.2) is 47.7 Å². The van der Waals surface area contributed by atoms with Crippen molar-refractivity contribution in [3.63, 3.8) is 0 Å². The van der Waals surface area contributed by atoms with E-state index in [0.29, 0.717) is 23.5 Å². The molecule has 0 fully saturated rings. The third kappa shape index (κ3) is 5.98. The van der Waals surface area contributed by atoms with Crippen LogP contribution >= 0.6 is 0 Å². The van der Waals surface area contributed by atoms with Crippen LogP contribution in [0.25, 0.3) is 17.2 Å². The Bertz CT molecular complexity index is 915. The summed E-state index contributed by atoms with van der Waals surface area (Å²) in [6, 6.07) is 1.04. The van der Waals surface area contributed by atoms with E-state index in [1.165, 1.54) is 0 Å². The zero-order valence-electron chi connectivity index (χ0n) is 17.8. The topological polar surface area (TPSA) is 109 Å². The molecule has 0 atom stereocenters. The molecule has 0 saturated heterocycles. The highest BCUT2D eigenvalue weighted by Gasteiger charge is 2.28. The highest BCUT2D eigenvalue weighted by atomic mass is 28.3. The molecule has 0 aliphatic heterocycles. The van der Waals surface area contributed by atoms with E-state index in [2.05, 4.69) is 36.2 Å². The van der Waals surface area contributed by atoms with Gasteiger partial charge < -0.3 is 19.8 Å². The third-order valence-electron chi connectivity index (χ3n) is 4.47. The second-order valence-corrected chi connectivity index (χ2v) is 14.5. The molecule has 158 valence electrons. The number of hydrogen-bond donors (Lipinski definition) is 1. The average molecular weight is 419 g/mol. The molecular formula is C20H30N4O4Si. The Kier molecular flexibility index (Phi) is 6.96. The monoisotopic (exact) mass is 418 g/mol. The first-order valence-corrected chi connectivity index (χ1v) is 13.2. The minimum absolute atomic E-state index is 0.130. The maximum Gasteiger partial charge on any atom is 0.342 e. The number of nitrogens with two attached hydrogens (primary N) is 1. The van der Waals surface area contributed by atoms with Crippen molar-refractivity contribution < 1.29 is 19.1 Å². The number of carbonyl (C=O) groups is 2. The fourth-order valence-corrected chi connectivity index (χ4v) is 3.10. The quantitative estimate of drug-likeness (QED) is 0.361. The molecule has 2 aromatic rings. The summed E-state index contributed by atoms with van der Waals surface area (Å²) in [5.74, 6) is -1.14. The van der Waals surface area contributed by atoms with Crippen molar-refractivity contribution in [1.29, 1.82) is 0 Å². The second kappa shape index (κ2) is 8.87. The molecule has 0 bridgehead atoms. The smallest absolute Gasteiger partial charge is 0.342 e. The number of nitrogens with zero attached hydrogens (tertiary/aromatic N) is 3. The fourth-order valence-electron chi connectivity index (χ4n) is 2.35. The number of hydrogen-bond acceptors (Lipinski definition) is 6. The molecule has 0 saturated carbocycles. The van der Waals surface area contributed by atoms with Gasteiger partial charge in [-0.25, -0.2) is 14.8 Å². The first-order chi connectivity index (χ1) is 13.4. The lowest BCUT2D eigenvalue weighted by Crippen LogP contribution is -2.36. The predicted octanol–water partition coefficient (Wildman–Crippen LogP) is 3.05. The highest BCUT2D eigenvalue weighted by Crippen LogP contribution is 2.22. The largest absolute Gasteiger partial charge is 0.461 e. The van der Waals surface area contributed by atoms with Gasteiger partial charge in [0.1, 0.15) is 24.4 Å². The van der Waals surface area contributed by atoms with Crippen molar-refractivity contribution >= 4 is 37.2 Å². The second-order valence-electron chi connectivity index (χ2n) is 8.86. The zero-order valence-corrected chi connectivity index (χ0v) is 18.8. The predicted molar refractivity (Wildman–Crippen MR) is 115 cm³/mol. The van der Waals surface area contributed by atoms with Gasteiger partial charge in [-0.15, -0.1) is 0 Å². The zero-order chi connectivity index (χ0) is 21.8. The van der Waals surface area contributed by atoms with Crippen LogP contribution in [0.3, 0.4) is 0 Å². The van der Waals surface area contributed by atoms with Crippen molar-refractivity contribution in [3.05, 3.63) is 30.2 Å². The van der Waals surface area contributed by atoms with Gasteiger partial charge >= 0.3 is 5.97 Å². The van der Waals surface area contributed by atoms with Crippen LogP contribution in [0.2, 0.25) is 25.7 Å². The molecule has 8 nitrogen and oxygen atoms in total. The van der Waals surface area contributed by atoms with E-state index in [-0.39, 0.29) is 18.9 Å². The van der Waals surface area contributed by atoms with Gasteiger partial charge in [0.2, 0.25) is 5.91 Å². The summed E-state index contributed by atoms with van der Waals surface area (Å²) >= 11 is 0. The Morgan fingerprint density at radius 1 is 1.34 bits per heavy atom. The van der Waals surface area contributed by atoms with E-state index in [1.54, 1.807) is 36.9 Å². The maximum atomic E-state index is 12.7. The molecule has 1 amide bonds. The van der Waals surface area contributed by atoms with Crippen molar-refractivity contribution in [2.24, 2.45) is 11.1 Å². The summed E-state index contributed by atoms with van der Waals surface area (Å²) < 4.78 is 12.9. The van der Waals surface area contributed by atoms with Gasteiger partial charge in [-0.3, -0.25) is 4.79 Å². The lowest BCUT2D eigenvalue weighted by molar-refractivity contribution is -0.127. The molecule has 0 radical (unpaired) electrons. The van der Waals surface area contributed by atoms with Gasteiger partial charge in [-0.1, -0.05) is 26.2 Å². The summed E-state index contributed by atoms with van der Waals surface area (Å²) in [7, 11) is -1.20. The van der Waals surface area contributed by atoms with Crippen molar-refractivity contribution in [3.8, 4) is 0 Å². The summed E-state index contributed by atoms with van der Waals surface area (Å²) in [4.78, 5) is 33.0. The van der Waals surface area contributed by atoms with Crippen LogP contribution in [0.1, 0.15) is 29.9 Å². The highest BCUT2D eigenvalue weighted by molar-refractivity contribution is 6.76. The van der Waals surface area contributed by atoms with E-state index in [4.69, 9.17) is 15.2 Å². The summed E-state index contributed by atoms with van der Waals surface area (Å²) in [6.45, 7) is 14.5. The number of esters is 1. The molecule has 9 heteroatoms. The molecule has 0 aliphatic carbocycles. The number of fused-ring (bicyclic) bond motifs is 1. The molecule has 2 heterocycles. The molecular weight excluding hydrogens is 388 g/mol. The first-order valence-electron chi connectivity index (χ1n) is 9.48. The van der Waals surface area contributed by atoms with Crippen LogP contribution in [0.4, 0.5) is 0 Å². The number of ether oxygens (including phenoxy) is 2. The van der Waals surface area contributed by atoms with Crippen LogP contribution < -0.4 is 5.73 Å². The Labute approximate surface area is 172 Å². The van der Waals surface area contributed by atoms with Gasteiger partial charge in [0.25, 0.3) is 0 Å². The van der Waals surface area contributed by atoms with Crippen LogP contribution in [0.15, 0.2) is 19.0 Å². The number of primary amides is 1. The van der Waals surface area contributed by atoms with Crippen molar-refractivity contribution in [1.82, 2.24) is 14.5 Å². The molecule has 2 N–H and O–H groups in total. The lowest BCUT2D eigenvalue weighted by atomic mass is 9.94. The fraction of sp³-hybridized carbons (Fsp3) is 0.500. The molecule has 0 aliphatic rings. The van der Waals surface area contributed by atoms with Crippen LogP contribution in [0.5, 0.6) is 0 Å². The van der Waals surface area contributed by atoms with E-state index in [0.717, 1.165) is 6.04 Å². The van der Waals surface area contributed by atoms with Gasteiger partial charge in [0.05, 0.1) is 17.3 Å². The summed E-state index contributed by atoms with van der Waals surface area (Å²) in [6.07, 6.45) is 4.75. The van der Waals surface area contributed by atoms with Crippen LogP contribution in [-0.2, 0) is 21.0 Å². The van der Waals surface area contributed by atoms with Gasteiger partial charge in [-0.2, -0.15) is 0 Å². The molecule has 29 heavy (non-hydrogen) atoms. The minimum atomic E-state index is -1.20. The Morgan fingerprint density at radius 2 is 2.03 bits per heavy atom.